The van der Waals surface area contributed by atoms with Crippen LogP contribution in [-0.2, 0) is 38.8 Å². The van der Waals surface area contributed by atoms with E-state index < -0.39 is 56.9 Å². The Kier molecular flexibility index (Phi) is 12.0. The molecule has 1 aliphatic carbocycles. The van der Waals surface area contributed by atoms with Gasteiger partial charge in [-0.05, 0) is 60.9 Å². The summed E-state index contributed by atoms with van der Waals surface area (Å²) < 4.78 is 70.9. The van der Waals surface area contributed by atoms with Gasteiger partial charge in [0.1, 0.15) is 12.6 Å². The van der Waals surface area contributed by atoms with E-state index in [4.69, 9.17) is 34.8 Å². The molecule has 1 aliphatic rings. The lowest BCUT2D eigenvalue weighted by Crippen LogP contribution is -2.54. The van der Waals surface area contributed by atoms with Crippen LogP contribution in [0.25, 0.3) is 0 Å². The number of carbonyl (C=O) groups excluding carboxylic acids is 2. The average Bonchev–Trinajstić information content (AvgIpc) is 3.60. The minimum Gasteiger partial charge on any atom is -0.352 e. The first-order valence-electron chi connectivity index (χ1n) is 15.8. The number of amides is 2. The topological polar surface area (TPSA) is 86.8 Å². The third kappa shape index (κ3) is 8.93. The minimum absolute atomic E-state index is 0.0395. The van der Waals surface area contributed by atoms with Crippen molar-refractivity contribution in [3.05, 3.63) is 129 Å². The third-order valence-corrected chi connectivity index (χ3v) is 11.3. The molecule has 1 saturated carbocycles. The molecule has 264 valence electrons. The fourth-order valence-corrected chi connectivity index (χ4v) is 8.08. The number of alkyl halides is 3. The van der Waals surface area contributed by atoms with Gasteiger partial charge in [0.15, 0.2) is 0 Å². The summed E-state index contributed by atoms with van der Waals surface area (Å²) in [4.78, 5) is 29.7. The monoisotopic (exact) mass is 765 g/mol. The third-order valence-electron chi connectivity index (χ3n) is 8.52. The molecule has 1 N–H and O–H groups in total. The van der Waals surface area contributed by atoms with E-state index in [0.717, 1.165) is 37.8 Å². The van der Waals surface area contributed by atoms with Crippen LogP contribution in [0, 0.1) is 0 Å². The summed E-state index contributed by atoms with van der Waals surface area (Å²) in [5.74, 6) is -1.35. The number of carbonyl (C=O) groups is 2. The minimum atomic E-state index is -4.93. The van der Waals surface area contributed by atoms with Crippen LogP contribution < -0.4 is 9.62 Å². The molecule has 0 saturated heterocycles. The Hall–Kier alpha value is -3.77. The number of sulfonamides is 1. The first-order valence-corrected chi connectivity index (χ1v) is 18.3. The Morgan fingerprint density at radius 2 is 1.42 bits per heavy atom. The molecule has 0 aliphatic heterocycles. The second-order valence-electron chi connectivity index (χ2n) is 11.9. The van der Waals surface area contributed by atoms with Gasteiger partial charge in [-0.1, -0.05) is 102 Å². The van der Waals surface area contributed by atoms with Gasteiger partial charge in [0.25, 0.3) is 10.0 Å². The van der Waals surface area contributed by atoms with E-state index in [2.05, 4.69) is 5.32 Å². The molecule has 1 atom stereocenters. The molecular formula is C36H33Cl3F3N3O4S. The van der Waals surface area contributed by atoms with Crippen LogP contribution in [0.3, 0.4) is 0 Å². The zero-order chi connectivity index (χ0) is 36.1. The van der Waals surface area contributed by atoms with Gasteiger partial charge in [0.2, 0.25) is 11.8 Å². The number of hydrogen-bond acceptors (Lipinski definition) is 4. The summed E-state index contributed by atoms with van der Waals surface area (Å²) in [6, 6.07) is 22.0. The quantitative estimate of drug-likeness (QED) is 0.157. The van der Waals surface area contributed by atoms with Gasteiger partial charge >= 0.3 is 6.18 Å². The molecule has 0 heterocycles. The molecule has 4 aromatic carbocycles. The van der Waals surface area contributed by atoms with Gasteiger partial charge in [0.05, 0.1) is 21.2 Å². The van der Waals surface area contributed by atoms with E-state index in [-0.39, 0.29) is 33.9 Å². The van der Waals surface area contributed by atoms with Crippen molar-refractivity contribution >= 4 is 62.3 Å². The smallest absolute Gasteiger partial charge is 0.352 e. The highest BCUT2D eigenvalue weighted by Crippen LogP contribution is 2.38. The summed E-state index contributed by atoms with van der Waals surface area (Å²) in [5, 5.41) is 2.80. The Bertz CT molecular complexity index is 1910. The summed E-state index contributed by atoms with van der Waals surface area (Å²) >= 11 is 19.0. The zero-order valence-electron chi connectivity index (χ0n) is 26.5. The van der Waals surface area contributed by atoms with Gasteiger partial charge in [-0.25, -0.2) is 8.42 Å². The van der Waals surface area contributed by atoms with Crippen molar-refractivity contribution in [3.8, 4) is 0 Å². The van der Waals surface area contributed by atoms with E-state index in [1.807, 2.05) is 0 Å². The van der Waals surface area contributed by atoms with E-state index in [0.29, 0.717) is 21.5 Å². The van der Waals surface area contributed by atoms with Gasteiger partial charge in [0, 0.05) is 34.6 Å². The van der Waals surface area contributed by atoms with Crippen molar-refractivity contribution in [1.82, 2.24) is 10.2 Å². The molecule has 4 aromatic rings. The molecule has 7 nitrogen and oxygen atoms in total. The number of rotatable bonds is 12. The largest absolute Gasteiger partial charge is 0.417 e. The second-order valence-corrected chi connectivity index (χ2v) is 15.0. The molecular weight excluding hydrogens is 734 g/mol. The van der Waals surface area contributed by atoms with Crippen LogP contribution in [0.2, 0.25) is 15.1 Å². The van der Waals surface area contributed by atoms with E-state index >= 15 is 0 Å². The van der Waals surface area contributed by atoms with Crippen molar-refractivity contribution in [1.29, 1.82) is 0 Å². The van der Waals surface area contributed by atoms with Gasteiger partial charge in [-0.2, -0.15) is 13.2 Å². The fourth-order valence-electron chi connectivity index (χ4n) is 5.91. The fraction of sp³-hybridized carbons (Fsp3) is 0.278. The van der Waals surface area contributed by atoms with Crippen LogP contribution in [-0.4, -0.2) is 43.8 Å². The first-order chi connectivity index (χ1) is 23.8. The number of hydrogen-bond donors (Lipinski definition) is 1. The number of anilines is 1. The molecule has 14 heteroatoms. The van der Waals surface area contributed by atoms with Crippen molar-refractivity contribution in [2.24, 2.45) is 0 Å². The average molecular weight is 767 g/mol. The molecule has 5 rings (SSSR count). The van der Waals surface area contributed by atoms with Crippen LogP contribution >= 0.6 is 34.8 Å². The Morgan fingerprint density at radius 1 is 0.820 bits per heavy atom. The van der Waals surface area contributed by atoms with Crippen molar-refractivity contribution in [2.45, 2.75) is 61.8 Å². The highest BCUT2D eigenvalue weighted by Gasteiger charge is 2.38. The molecule has 50 heavy (non-hydrogen) atoms. The first kappa shape index (κ1) is 37.5. The zero-order valence-corrected chi connectivity index (χ0v) is 29.6. The lowest BCUT2D eigenvalue weighted by atomic mass is 10.0. The summed E-state index contributed by atoms with van der Waals surface area (Å²) in [6.45, 7) is -1.28. The molecule has 0 aromatic heterocycles. The van der Waals surface area contributed by atoms with Crippen molar-refractivity contribution in [3.63, 3.8) is 0 Å². The van der Waals surface area contributed by atoms with E-state index in [1.165, 1.54) is 29.2 Å². The highest BCUT2D eigenvalue weighted by atomic mass is 35.5. The van der Waals surface area contributed by atoms with E-state index in [9.17, 15) is 31.2 Å². The predicted octanol–water partition coefficient (Wildman–Crippen LogP) is 8.56. The SMILES string of the molecule is O=C(NC1CCCC1)[C@H](Cc1ccccc1)N(Cc1c(Cl)cccc1Cl)C(=O)CN(c1ccc(Cl)c(C(F)(F)F)c1)S(=O)(=O)c1ccccc1. The maximum atomic E-state index is 14.7. The van der Waals surface area contributed by atoms with Crippen LogP contribution in [0.15, 0.2) is 102 Å². The van der Waals surface area contributed by atoms with Crippen LogP contribution in [0.1, 0.15) is 42.4 Å². The molecule has 1 fully saturated rings. The lowest BCUT2D eigenvalue weighted by Gasteiger charge is -2.34. The summed E-state index contributed by atoms with van der Waals surface area (Å²) in [5.41, 5.74) is -0.720. The van der Waals surface area contributed by atoms with Crippen LogP contribution in [0.4, 0.5) is 18.9 Å². The molecule has 2 amide bonds. The predicted molar refractivity (Wildman–Crippen MR) is 189 cm³/mol. The molecule has 0 spiro atoms. The van der Waals surface area contributed by atoms with Gasteiger partial charge in [-0.3, -0.25) is 13.9 Å². The number of nitrogens with zero attached hydrogens (tertiary/aromatic N) is 2. The standard InChI is InChI=1S/C36H33Cl3F3N3O4S/c37-30-16-9-17-31(38)28(30)22-44(33(20-24-10-3-1-4-11-24)35(47)43-25-12-7-8-13-25)34(46)23-45(50(48,49)27-14-5-2-6-15-27)26-18-19-32(39)29(21-26)36(40,41)42/h1-6,9-11,14-19,21,25,33H,7-8,12-13,20,22-23H2,(H,43,47)/t33-/m0/s1. The normalized spacial score (nSPS) is 14.3. The molecule has 0 unspecified atom stereocenters. The number of benzene rings is 4. The van der Waals surface area contributed by atoms with Crippen LogP contribution in [0.5, 0.6) is 0 Å². The highest BCUT2D eigenvalue weighted by molar-refractivity contribution is 7.92. The molecule has 0 bridgehead atoms. The second kappa shape index (κ2) is 16.1. The van der Waals surface area contributed by atoms with Crippen molar-refractivity contribution < 1.29 is 31.2 Å². The maximum absolute atomic E-state index is 14.7. The summed E-state index contributed by atoms with van der Waals surface area (Å²) in [6.07, 6.45) is -1.51. The Morgan fingerprint density at radius 3 is 2.02 bits per heavy atom. The maximum Gasteiger partial charge on any atom is 0.417 e. The van der Waals surface area contributed by atoms with Gasteiger partial charge in [-0.15, -0.1) is 0 Å². The van der Waals surface area contributed by atoms with Gasteiger partial charge < -0.3 is 10.2 Å². The van der Waals surface area contributed by atoms with Crippen molar-refractivity contribution in [2.75, 3.05) is 10.8 Å². The summed E-state index contributed by atoms with van der Waals surface area (Å²) in [7, 11) is -4.65. The van der Waals surface area contributed by atoms with E-state index in [1.54, 1.807) is 54.6 Å². The molecule has 0 radical (unpaired) electrons. The number of nitrogens with one attached hydrogen (secondary N) is 1. The lowest BCUT2D eigenvalue weighted by molar-refractivity contribution is -0.140. The Balaban J connectivity index is 1.63. The number of halogens is 6. The Labute approximate surface area is 304 Å².